The molecule has 126 valence electrons. The Bertz CT molecular complexity index is 760. The topological polar surface area (TPSA) is 45.6 Å². The number of nitrogens with zero attached hydrogens (tertiary/aromatic N) is 2. The molecule has 5 rings (SSSR count). The van der Waals surface area contributed by atoms with Gasteiger partial charge in [-0.2, -0.15) is 0 Å². The van der Waals surface area contributed by atoms with Crippen LogP contribution in [0.15, 0.2) is 43.1 Å². The lowest BCUT2D eigenvalue weighted by Crippen LogP contribution is -2.54. The Morgan fingerprint density at radius 3 is 3.00 bits per heavy atom. The van der Waals surface area contributed by atoms with E-state index in [0.29, 0.717) is 11.8 Å². The maximum absolute atomic E-state index is 11.0. The summed E-state index contributed by atoms with van der Waals surface area (Å²) in [6, 6.07) is 8.06. The number of piperidine rings is 3. The summed E-state index contributed by atoms with van der Waals surface area (Å²) in [4.78, 5) is 6.94. The maximum Gasteiger partial charge on any atom is 0.119 e. The van der Waals surface area contributed by atoms with Gasteiger partial charge in [-0.15, -0.1) is 6.58 Å². The zero-order chi connectivity index (χ0) is 16.7. The molecule has 0 spiro atoms. The number of fused-ring (bicyclic) bond motifs is 4. The highest BCUT2D eigenvalue weighted by atomic mass is 16.5. The van der Waals surface area contributed by atoms with Crippen LogP contribution in [0.25, 0.3) is 10.9 Å². The Hall–Kier alpha value is -1.91. The number of pyridine rings is 1. The van der Waals surface area contributed by atoms with Crippen LogP contribution in [-0.4, -0.2) is 41.2 Å². The van der Waals surface area contributed by atoms with E-state index in [9.17, 15) is 5.11 Å². The second-order valence-electron chi connectivity index (χ2n) is 7.02. The van der Waals surface area contributed by atoms with Gasteiger partial charge in [0, 0.05) is 29.7 Å². The molecule has 0 aliphatic carbocycles. The third-order valence-corrected chi connectivity index (χ3v) is 5.77. The normalized spacial score (nSPS) is 30.2. The summed E-state index contributed by atoms with van der Waals surface area (Å²) in [6.45, 7) is 6.06. The summed E-state index contributed by atoms with van der Waals surface area (Å²) < 4.78 is 5.30. The highest BCUT2D eigenvalue weighted by Gasteiger charge is 2.42. The molecule has 24 heavy (non-hydrogen) atoms. The summed E-state index contributed by atoms with van der Waals surface area (Å²) in [5, 5.41) is 12.0. The molecule has 2 bridgehead atoms. The third-order valence-electron chi connectivity index (χ3n) is 5.77. The van der Waals surface area contributed by atoms with Crippen molar-refractivity contribution in [3.8, 4) is 5.75 Å². The minimum absolute atomic E-state index is 0.185. The SMILES string of the molecule is C=C[C@@H]1CN2CC[C@H]1C[C@H]2[C@@H](O)c1cnc2ccc(OC)cc2c1. The largest absolute Gasteiger partial charge is 0.497 e. The molecule has 3 fully saturated rings. The number of methoxy groups -OCH3 is 1. The van der Waals surface area contributed by atoms with Gasteiger partial charge in [0.1, 0.15) is 5.75 Å². The van der Waals surface area contributed by atoms with Crippen LogP contribution in [0.2, 0.25) is 0 Å². The Morgan fingerprint density at radius 2 is 2.29 bits per heavy atom. The Kier molecular flexibility index (Phi) is 4.02. The number of benzene rings is 1. The quantitative estimate of drug-likeness (QED) is 0.878. The molecule has 1 aromatic carbocycles. The molecule has 1 aromatic heterocycles. The van der Waals surface area contributed by atoms with E-state index < -0.39 is 6.10 Å². The molecule has 3 aliphatic rings. The van der Waals surface area contributed by atoms with Crippen molar-refractivity contribution in [3.05, 3.63) is 48.7 Å². The molecular formula is C20H24N2O2. The fourth-order valence-electron chi connectivity index (χ4n) is 4.34. The van der Waals surface area contributed by atoms with Crippen LogP contribution in [0.4, 0.5) is 0 Å². The first kappa shape index (κ1) is 15.6. The number of rotatable bonds is 4. The second-order valence-corrected chi connectivity index (χ2v) is 7.02. The molecule has 5 atom stereocenters. The number of aliphatic hydroxyl groups excluding tert-OH is 1. The average molecular weight is 324 g/mol. The number of ether oxygens (including phenoxy) is 1. The first-order valence-corrected chi connectivity index (χ1v) is 8.68. The number of hydrogen-bond acceptors (Lipinski definition) is 4. The van der Waals surface area contributed by atoms with Gasteiger partial charge in [0.15, 0.2) is 0 Å². The van der Waals surface area contributed by atoms with Crippen LogP contribution in [0.1, 0.15) is 24.5 Å². The van der Waals surface area contributed by atoms with Gasteiger partial charge in [0.2, 0.25) is 0 Å². The smallest absolute Gasteiger partial charge is 0.119 e. The first-order chi connectivity index (χ1) is 11.7. The van der Waals surface area contributed by atoms with Crippen molar-refractivity contribution in [1.82, 2.24) is 9.88 Å². The number of aromatic nitrogens is 1. The molecule has 0 radical (unpaired) electrons. The lowest BCUT2D eigenvalue weighted by molar-refractivity contribution is -0.0449. The minimum Gasteiger partial charge on any atom is -0.497 e. The molecule has 4 heterocycles. The van der Waals surface area contributed by atoms with Crippen LogP contribution < -0.4 is 4.74 Å². The van der Waals surface area contributed by atoms with Gasteiger partial charge in [-0.3, -0.25) is 9.88 Å². The summed E-state index contributed by atoms with van der Waals surface area (Å²) in [5.74, 6) is 2.03. The molecule has 3 aliphatic heterocycles. The lowest BCUT2D eigenvalue weighted by atomic mass is 9.74. The molecule has 1 N–H and O–H groups in total. The summed E-state index contributed by atoms with van der Waals surface area (Å²) in [7, 11) is 1.66. The van der Waals surface area contributed by atoms with Gasteiger partial charge >= 0.3 is 0 Å². The van der Waals surface area contributed by atoms with Crippen molar-refractivity contribution < 1.29 is 9.84 Å². The van der Waals surface area contributed by atoms with Crippen molar-refractivity contribution in [1.29, 1.82) is 0 Å². The second kappa shape index (κ2) is 6.19. The minimum atomic E-state index is -0.498. The number of hydrogen-bond donors (Lipinski definition) is 1. The van der Waals surface area contributed by atoms with Crippen molar-refractivity contribution in [2.75, 3.05) is 20.2 Å². The third kappa shape index (κ3) is 2.60. The molecule has 0 saturated carbocycles. The molecule has 0 amide bonds. The standard InChI is InChI=1S/C20H24N2O2/c1-3-13-12-22-7-6-14(13)10-19(22)20(23)16-8-15-9-17(24-2)4-5-18(15)21-11-16/h3-5,8-9,11,13-14,19-20,23H,1,6-7,10,12H2,2H3/t13-,14+,19+,20+/m1/s1. The molecule has 1 unspecified atom stereocenters. The van der Waals surface area contributed by atoms with E-state index in [1.54, 1.807) is 7.11 Å². The van der Waals surface area contributed by atoms with Gasteiger partial charge in [-0.05, 0) is 55.5 Å². The Balaban J connectivity index is 1.61. The van der Waals surface area contributed by atoms with Gasteiger partial charge in [0.25, 0.3) is 0 Å². The molecule has 4 nitrogen and oxygen atoms in total. The van der Waals surface area contributed by atoms with Crippen LogP contribution >= 0.6 is 0 Å². The fraction of sp³-hybridized carbons (Fsp3) is 0.450. The van der Waals surface area contributed by atoms with Crippen LogP contribution in [0.5, 0.6) is 5.75 Å². The van der Waals surface area contributed by atoms with Gasteiger partial charge in [-0.25, -0.2) is 0 Å². The molecule has 2 aromatic rings. The maximum atomic E-state index is 11.0. The first-order valence-electron chi connectivity index (χ1n) is 8.68. The van der Waals surface area contributed by atoms with E-state index in [1.165, 1.54) is 6.42 Å². The predicted molar refractivity (Wildman–Crippen MR) is 95.0 cm³/mol. The van der Waals surface area contributed by atoms with E-state index in [0.717, 1.165) is 41.7 Å². The highest BCUT2D eigenvalue weighted by molar-refractivity contribution is 5.80. The van der Waals surface area contributed by atoms with Gasteiger partial charge in [-0.1, -0.05) is 6.08 Å². The van der Waals surface area contributed by atoms with Crippen LogP contribution in [-0.2, 0) is 0 Å². The molecule has 3 saturated heterocycles. The molecule has 4 heteroatoms. The van der Waals surface area contributed by atoms with Crippen LogP contribution in [0, 0.1) is 11.8 Å². The highest BCUT2D eigenvalue weighted by Crippen LogP contribution is 2.41. The van der Waals surface area contributed by atoms with Crippen LogP contribution in [0.3, 0.4) is 0 Å². The molecular weight excluding hydrogens is 300 g/mol. The zero-order valence-corrected chi connectivity index (χ0v) is 14.1. The summed E-state index contributed by atoms with van der Waals surface area (Å²) >= 11 is 0. The van der Waals surface area contributed by atoms with E-state index >= 15 is 0 Å². The fourth-order valence-corrected chi connectivity index (χ4v) is 4.34. The summed E-state index contributed by atoms with van der Waals surface area (Å²) in [5.41, 5.74) is 1.81. The van der Waals surface area contributed by atoms with E-state index in [1.807, 2.05) is 30.5 Å². The Labute approximate surface area is 142 Å². The Morgan fingerprint density at radius 1 is 1.42 bits per heavy atom. The van der Waals surface area contributed by atoms with E-state index in [-0.39, 0.29) is 6.04 Å². The van der Waals surface area contributed by atoms with Crippen molar-refractivity contribution >= 4 is 10.9 Å². The van der Waals surface area contributed by atoms with Crippen molar-refractivity contribution in [2.45, 2.75) is 25.0 Å². The van der Waals surface area contributed by atoms with Gasteiger partial charge in [0.05, 0.1) is 18.7 Å². The lowest BCUT2D eigenvalue weighted by Gasteiger charge is -2.50. The van der Waals surface area contributed by atoms with Gasteiger partial charge < -0.3 is 9.84 Å². The van der Waals surface area contributed by atoms with Crippen molar-refractivity contribution in [2.24, 2.45) is 11.8 Å². The zero-order valence-electron chi connectivity index (χ0n) is 14.1. The van der Waals surface area contributed by atoms with Crippen molar-refractivity contribution in [3.63, 3.8) is 0 Å². The number of aliphatic hydroxyl groups is 1. The van der Waals surface area contributed by atoms with E-state index in [2.05, 4.69) is 22.5 Å². The monoisotopic (exact) mass is 324 g/mol. The summed E-state index contributed by atoms with van der Waals surface area (Å²) in [6.07, 6.45) is 5.65. The predicted octanol–water partition coefficient (Wildman–Crippen LogP) is 3.17. The van der Waals surface area contributed by atoms with E-state index in [4.69, 9.17) is 4.74 Å². The average Bonchev–Trinajstić information content (AvgIpc) is 2.66.